The number of halogens is 1. The van der Waals surface area contributed by atoms with Crippen LogP contribution in [0.4, 0.5) is 5.82 Å². The van der Waals surface area contributed by atoms with Crippen molar-refractivity contribution < 1.29 is 4.79 Å². The predicted molar refractivity (Wildman–Crippen MR) is 101 cm³/mol. The highest BCUT2D eigenvalue weighted by atomic mass is 35.5. The number of amides is 1. The van der Waals surface area contributed by atoms with Crippen molar-refractivity contribution in [2.45, 2.75) is 26.3 Å². The molecule has 3 rings (SSSR count). The van der Waals surface area contributed by atoms with E-state index in [0.29, 0.717) is 13.1 Å². The highest BCUT2D eigenvalue weighted by molar-refractivity contribution is 6.27. The van der Waals surface area contributed by atoms with E-state index in [1.165, 1.54) is 0 Å². The molecule has 1 aliphatic rings. The maximum Gasteiger partial charge on any atom is 0.237 e. The summed E-state index contributed by atoms with van der Waals surface area (Å²) < 4.78 is 0. The summed E-state index contributed by atoms with van der Waals surface area (Å²) in [4.78, 5) is 25.6. The number of fused-ring (bicyclic) bond motifs is 1. The zero-order valence-electron chi connectivity index (χ0n) is 14.7. The zero-order valence-corrected chi connectivity index (χ0v) is 15.5. The molecule has 1 aliphatic heterocycles. The van der Waals surface area contributed by atoms with E-state index in [1.54, 1.807) is 4.90 Å². The number of nitrogens with zero attached hydrogens (tertiary/aromatic N) is 4. The predicted octanol–water partition coefficient (Wildman–Crippen LogP) is 3.11. The Kier molecular flexibility index (Phi) is 5.53. The van der Waals surface area contributed by atoms with Crippen LogP contribution in [0.15, 0.2) is 30.3 Å². The van der Waals surface area contributed by atoms with E-state index in [4.69, 9.17) is 21.6 Å². The second kappa shape index (κ2) is 7.83. The highest BCUT2D eigenvalue weighted by Gasteiger charge is 2.26. The molecule has 132 valence electrons. The summed E-state index contributed by atoms with van der Waals surface area (Å²) in [5, 5.41) is 0. The van der Waals surface area contributed by atoms with Gasteiger partial charge in [-0.15, -0.1) is 11.6 Å². The van der Waals surface area contributed by atoms with Gasteiger partial charge in [-0.1, -0.05) is 37.3 Å². The SMILES string of the molecule is CCCN(C)c1nc(-c2ccccc2)nc2c1CN(C(=O)CCl)CC2. The summed E-state index contributed by atoms with van der Waals surface area (Å²) in [6.45, 7) is 4.23. The van der Waals surface area contributed by atoms with Gasteiger partial charge < -0.3 is 9.80 Å². The Morgan fingerprint density at radius 1 is 1.28 bits per heavy atom. The van der Waals surface area contributed by atoms with Gasteiger partial charge in [-0.25, -0.2) is 9.97 Å². The summed E-state index contributed by atoms with van der Waals surface area (Å²) in [6.07, 6.45) is 1.76. The van der Waals surface area contributed by atoms with Crippen molar-refractivity contribution in [3.05, 3.63) is 41.6 Å². The number of alkyl halides is 1. The van der Waals surface area contributed by atoms with Gasteiger partial charge in [-0.3, -0.25) is 4.79 Å². The minimum atomic E-state index is -0.0384. The first-order valence-electron chi connectivity index (χ1n) is 8.64. The standard InChI is InChI=1S/C19H23ClN4O/c1-3-10-23(2)19-15-13-24(17(25)12-20)11-9-16(15)21-18(22-19)14-7-5-4-6-8-14/h4-8H,3,9-13H2,1-2H3. The average molecular weight is 359 g/mol. The van der Waals surface area contributed by atoms with Crippen LogP contribution in [-0.4, -0.2) is 46.8 Å². The van der Waals surface area contributed by atoms with E-state index < -0.39 is 0 Å². The lowest BCUT2D eigenvalue weighted by Gasteiger charge is -2.31. The lowest BCUT2D eigenvalue weighted by molar-refractivity contribution is -0.129. The largest absolute Gasteiger partial charge is 0.359 e. The molecule has 0 saturated carbocycles. The smallest absolute Gasteiger partial charge is 0.237 e. The Bertz CT molecular complexity index is 751. The zero-order chi connectivity index (χ0) is 17.8. The lowest BCUT2D eigenvalue weighted by atomic mass is 10.0. The summed E-state index contributed by atoms with van der Waals surface area (Å²) in [5.41, 5.74) is 3.08. The highest BCUT2D eigenvalue weighted by Crippen LogP contribution is 2.29. The Morgan fingerprint density at radius 3 is 2.72 bits per heavy atom. The van der Waals surface area contributed by atoms with Crippen molar-refractivity contribution in [3.8, 4) is 11.4 Å². The van der Waals surface area contributed by atoms with Crippen molar-refractivity contribution in [1.29, 1.82) is 0 Å². The fourth-order valence-corrected chi connectivity index (χ4v) is 3.34. The second-order valence-electron chi connectivity index (χ2n) is 6.28. The quantitative estimate of drug-likeness (QED) is 0.770. The number of hydrogen-bond acceptors (Lipinski definition) is 4. The van der Waals surface area contributed by atoms with E-state index in [1.807, 2.05) is 37.4 Å². The molecule has 0 spiro atoms. The van der Waals surface area contributed by atoms with Crippen LogP contribution in [0.5, 0.6) is 0 Å². The summed E-state index contributed by atoms with van der Waals surface area (Å²) >= 11 is 5.74. The normalized spacial score (nSPS) is 13.5. The molecule has 2 heterocycles. The van der Waals surface area contributed by atoms with E-state index in [9.17, 15) is 4.79 Å². The van der Waals surface area contributed by atoms with Crippen LogP contribution >= 0.6 is 11.6 Å². The molecule has 0 atom stereocenters. The van der Waals surface area contributed by atoms with Crippen molar-refractivity contribution in [2.24, 2.45) is 0 Å². The number of rotatable bonds is 5. The van der Waals surface area contributed by atoms with E-state index in [-0.39, 0.29) is 11.8 Å². The van der Waals surface area contributed by atoms with Gasteiger partial charge in [0, 0.05) is 37.7 Å². The molecule has 5 nitrogen and oxygen atoms in total. The van der Waals surface area contributed by atoms with E-state index in [0.717, 1.165) is 47.8 Å². The minimum Gasteiger partial charge on any atom is -0.359 e. The Balaban J connectivity index is 2.05. The van der Waals surface area contributed by atoms with Crippen molar-refractivity contribution in [2.75, 3.05) is 30.9 Å². The molecule has 0 saturated heterocycles. The van der Waals surface area contributed by atoms with E-state index in [2.05, 4.69) is 11.8 Å². The molecule has 1 aromatic heterocycles. The van der Waals surface area contributed by atoms with Crippen molar-refractivity contribution >= 4 is 23.3 Å². The number of anilines is 1. The van der Waals surface area contributed by atoms with Crippen molar-refractivity contribution in [1.82, 2.24) is 14.9 Å². The number of aromatic nitrogens is 2. The molecule has 0 fully saturated rings. The van der Waals surface area contributed by atoms with Gasteiger partial charge in [-0.05, 0) is 6.42 Å². The van der Waals surface area contributed by atoms with Crippen LogP contribution < -0.4 is 4.90 Å². The maximum atomic E-state index is 12.0. The Morgan fingerprint density at radius 2 is 2.04 bits per heavy atom. The molecule has 0 aliphatic carbocycles. The first-order valence-corrected chi connectivity index (χ1v) is 9.17. The molecule has 0 bridgehead atoms. The van der Waals surface area contributed by atoms with Gasteiger partial charge in [0.05, 0.1) is 12.2 Å². The number of hydrogen-bond donors (Lipinski definition) is 0. The van der Waals surface area contributed by atoms with Gasteiger partial charge in [-0.2, -0.15) is 0 Å². The van der Waals surface area contributed by atoms with Crippen LogP contribution in [0.2, 0.25) is 0 Å². The molecule has 2 aromatic rings. The summed E-state index contributed by atoms with van der Waals surface area (Å²) in [7, 11) is 2.04. The third kappa shape index (κ3) is 3.76. The van der Waals surface area contributed by atoms with Gasteiger partial charge >= 0.3 is 0 Å². The van der Waals surface area contributed by atoms with Gasteiger partial charge in [0.1, 0.15) is 11.7 Å². The molecule has 0 unspecified atom stereocenters. The molecular formula is C19H23ClN4O. The molecular weight excluding hydrogens is 336 g/mol. The monoisotopic (exact) mass is 358 g/mol. The van der Waals surface area contributed by atoms with Crippen LogP contribution in [0, 0.1) is 0 Å². The number of carbonyl (C=O) groups is 1. The van der Waals surface area contributed by atoms with Crippen molar-refractivity contribution in [3.63, 3.8) is 0 Å². The average Bonchev–Trinajstić information content (AvgIpc) is 2.66. The molecule has 25 heavy (non-hydrogen) atoms. The third-order valence-electron chi connectivity index (χ3n) is 4.46. The lowest BCUT2D eigenvalue weighted by Crippen LogP contribution is -2.38. The van der Waals surface area contributed by atoms with Gasteiger partial charge in [0.2, 0.25) is 5.91 Å². The van der Waals surface area contributed by atoms with Crippen LogP contribution in [0.3, 0.4) is 0 Å². The Labute approximate surface area is 153 Å². The molecule has 1 amide bonds. The van der Waals surface area contributed by atoms with Gasteiger partial charge in [0.25, 0.3) is 0 Å². The first kappa shape index (κ1) is 17.7. The number of carbonyl (C=O) groups excluding carboxylic acids is 1. The first-order chi connectivity index (χ1) is 12.1. The minimum absolute atomic E-state index is 0.0123. The van der Waals surface area contributed by atoms with Crippen LogP contribution in [0.1, 0.15) is 24.6 Å². The third-order valence-corrected chi connectivity index (χ3v) is 4.69. The molecule has 6 heteroatoms. The fourth-order valence-electron chi connectivity index (χ4n) is 3.17. The van der Waals surface area contributed by atoms with Crippen LogP contribution in [0.25, 0.3) is 11.4 Å². The molecule has 0 radical (unpaired) electrons. The second-order valence-corrected chi connectivity index (χ2v) is 6.55. The van der Waals surface area contributed by atoms with Crippen LogP contribution in [-0.2, 0) is 17.8 Å². The summed E-state index contributed by atoms with van der Waals surface area (Å²) in [5.74, 6) is 1.63. The fraction of sp³-hybridized carbons (Fsp3) is 0.421. The maximum absolute atomic E-state index is 12.0. The molecule has 1 aromatic carbocycles. The summed E-state index contributed by atoms with van der Waals surface area (Å²) in [6, 6.07) is 10.0. The number of benzene rings is 1. The van der Waals surface area contributed by atoms with Gasteiger partial charge in [0.15, 0.2) is 5.82 Å². The Hall–Kier alpha value is -2.14. The van der Waals surface area contributed by atoms with E-state index >= 15 is 0 Å². The topological polar surface area (TPSA) is 49.3 Å². The molecule has 0 N–H and O–H groups in total.